The molecular weight excluding hydrogens is 374 g/mol. The summed E-state index contributed by atoms with van der Waals surface area (Å²) < 4.78 is 12.5. The molecule has 0 aliphatic carbocycles. The maximum absolute atomic E-state index is 12.7. The van der Waals surface area contributed by atoms with Gasteiger partial charge in [0, 0.05) is 11.3 Å². The third kappa shape index (κ3) is 6.80. The molecule has 0 saturated carbocycles. The molecule has 0 aliphatic heterocycles. The predicted octanol–water partition coefficient (Wildman–Crippen LogP) is 6.25. The molecule has 0 spiro atoms. The molecular formula is C26H33NO3. The molecule has 0 saturated heterocycles. The maximum Gasteiger partial charge on any atom is 0.185 e. The van der Waals surface area contributed by atoms with E-state index in [-0.39, 0.29) is 5.78 Å². The minimum Gasteiger partial charge on any atom is -0.487 e. The summed E-state index contributed by atoms with van der Waals surface area (Å²) in [4.78, 5) is 12.7. The van der Waals surface area contributed by atoms with Gasteiger partial charge in [0.2, 0.25) is 0 Å². The van der Waals surface area contributed by atoms with Crippen LogP contribution in [0.15, 0.2) is 55.1 Å². The quantitative estimate of drug-likeness (QED) is 0.255. The Morgan fingerprint density at radius 2 is 1.57 bits per heavy atom. The Kier molecular flexibility index (Phi) is 7.14. The van der Waals surface area contributed by atoms with E-state index in [0.717, 1.165) is 11.1 Å². The number of allylic oxidation sites excluding steroid dienone is 2. The summed E-state index contributed by atoms with van der Waals surface area (Å²) in [5, 5.41) is 0. The summed E-state index contributed by atoms with van der Waals surface area (Å²) in [5.74, 6) is 1.24. The molecule has 0 atom stereocenters. The number of ketones is 1. The number of ether oxygens (including phenoxy) is 2. The van der Waals surface area contributed by atoms with Gasteiger partial charge in [-0.3, -0.25) is 4.79 Å². The van der Waals surface area contributed by atoms with Gasteiger partial charge in [0.05, 0.1) is 5.56 Å². The third-order valence-corrected chi connectivity index (χ3v) is 4.02. The Balaban J connectivity index is 2.58. The van der Waals surface area contributed by atoms with Crippen LogP contribution in [0.5, 0.6) is 11.5 Å². The lowest BCUT2D eigenvalue weighted by Crippen LogP contribution is -2.26. The van der Waals surface area contributed by atoms with E-state index >= 15 is 0 Å². The molecule has 0 heterocycles. The van der Waals surface area contributed by atoms with Crippen molar-refractivity contribution in [3.8, 4) is 11.5 Å². The number of carbonyl (C=O) groups is 1. The van der Waals surface area contributed by atoms with Gasteiger partial charge in [0.15, 0.2) is 5.78 Å². The first kappa shape index (κ1) is 23.3. The van der Waals surface area contributed by atoms with Gasteiger partial charge in [-0.05, 0) is 96.0 Å². The van der Waals surface area contributed by atoms with Crippen molar-refractivity contribution in [3.63, 3.8) is 0 Å². The van der Waals surface area contributed by atoms with E-state index in [1.165, 1.54) is 0 Å². The average Bonchev–Trinajstić information content (AvgIpc) is 2.61. The highest BCUT2D eigenvalue weighted by atomic mass is 16.5. The van der Waals surface area contributed by atoms with Gasteiger partial charge in [-0.15, -0.1) is 6.58 Å². The zero-order chi connectivity index (χ0) is 22.5. The number of carbonyl (C=O) groups excluding carboxylic acids is 1. The van der Waals surface area contributed by atoms with Crippen LogP contribution in [-0.4, -0.2) is 17.0 Å². The molecule has 0 amide bonds. The van der Waals surface area contributed by atoms with Crippen molar-refractivity contribution < 1.29 is 14.3 Å². The number of nitrogen functional groups attached to an aromatic ring is 1. The summed E-state index contributed by atoms with van der Waals surface area (Å²) in [5.41, 5.74) is 7.82. The van der Waals surface area contributed by atoms with Crippen LogP contribution in [0.1, 0.15) is 63.0 Å². The molecule has 0 radical (unpaired) electrons. The molecule has 2 aromatic carbocycles. The number of nitrogens with two attached hydrogens (primary N) is 1. The van der Waals surface area contributed by atoms with Gasteiger partial charge in [0.25, 0.3) is 0 Å². The fourth-order valence-corrected chi connectivity index (χ4v) is 2.85. The lowest BCUT2D eigenvalue weighted by Gasteiger charge is -2.28. The molecule has 0 aromatic heterocycles. The van der Waals surface area contributed by atoms with E-state index in [9.17, 15) is 4.79 Å². The molecule has 2 aromatic rings. The fraction of sp³-hybridized carbons (Fsp3) is 0.346. The van der Waals surface area contributed by atoms with Gasteiger partial charge in [0.1, 0.15) is 22.7 Å². The summed E-state index contributed by atoms with van der Waals surface area (Å²) in [6.07, 6.45) is 5.80. The van der Waals surface area contributed by atoms with Crippen molar-refractivity contribution >= 4 is 17.5 Å². The van der Waals surface area contributed by atoms with Crippen LogP contribution in [0.4, 0.5) is 5.69 Å². The van der Waals surface area contributed by atoms with Gasteiger partial charge < -0.3 is 15.2 Å². The second-order valence-corrected chi connectivity index (χ2v) is 9.21. The zero-order valence-electron chi connectivity index (χ0n) is 18.9. The van der Waals surface area contributed by atoms with E-state index in [4.69, 9.17) is 15.2 Å². The van der Waals surface area contributed by atoms with Crippen LogP contribution in [-0.2, 0) is 6.42 Å². The van der Waals surface area contributed by atoms with Crippen molar-refractivity contribution in [1.82, 2.24) is 0 Å². The standard InChI is InChI=1S/C26H33NO3/c1-8-9-19-12-17-23(29-25(2,3)4)21(24(19)30-26(5,6)7)15-16-22(28)18-10-13-20(27)14-11-18/h8,10-17H,1,9,27H2,2-7H3. The first-order chi connectivity index (χ1) is 13.9. The predicted molar refractivity (Wildman–Crippen MR) is 125 cm³/mol. The Morgan fingerprint density at radius 1 is 0.967 bits per heavy atom. The van der Waals surface area contributed by atoms with Gasteiger partial charge >= 0.3 is 0 Å². The minimum atomic E-state index is -0.417. The number of rotatable bonds is 7. The molecule has 0 unspecified atom stereocenters. The van der Waals surface area contributed by atoms with Gasteiger partial charge in [-0.1, -0.05) is 12.1 Å². The van der Waals surface area contributed by atoms with E-state index in [2.05, 4.69) is 6.58 Å². The minimum absolute atomic E-state index is 0.118. The second kappa shape index (κ2) is 9.21. The van der Waals surface area contributed by atoms with Crippen LogP contribution >= 0.6 is 0 Å². The van der Waals surface area contributed by atoms with Crippen LogP contribution in [0, 0.1) is 0 Å². The topological polar surface area (TPSA) is 61.5 Å². The zero-order valence-corrected chi connectivity index (χ0v) is 18.9. The average molecular weight is 408 g/mol. The lowest BCUT2D eigenvalue weighted by molar-refractivity contribution is 0.104. The molecule has 0 bridgehead atoms. The third-order valence-electron chi connectivity index (χ3n) is 4.02. The van der Waals surface area contributed by atoms with Crippen LogP contribution in [0.3, 0.4) is 0 Å². The smallest absolute Gasteiger partial charge is 0.185 e. The Bertz CT molecular complexity index is 926. The van der Waals surface area contributed by atoms with Gasteiger partial charge in [-0.2, -0.15) is 0 Å². The number of benzene rings is 2. The van der Waals surface area contributed by atoms with Crippen molar-refractivity contribution in [3.05, 3.63) is 71.8 Å². The van der Waals surface area contributed by atoms with Crippen LogP contribution < -0.4 is 15.2 Å². The fourth-order valence-electron chi connectivity index (χ4n) is 2.85. The Labute approximate surface area is 180 Å². The van der Waals surface area contributed by atoms with E-state index in [1.807, 2.05) is 59.8 Å². The highest BCUT2D eigenvalue weighted by Crippen LogP contribution is 2.38. The maximum atomic E-state index is 12.7. The largest absolute Gasteiger partial charge is 0.487 e. The van der Waals surface area contributed by atoms with Crippen LogP contribution in [0.25, 0.3) is 6.08 Å². The summed E-state index contributed by atoms with van der Waals surface area (Å²) in [6, 6.07) is 10.8. The molecule has 0 fully saturated rings. The lowest BCUT2D eigenvalue weighted by atomic mass is 10.0. The highest BCUT2D eigenvalue weighted by Gasteiger charge is 2.22. The second-order valence-electron chi connectivity index (χ2n) is 9.21. The van der Waals surface area contributed by atoms with Crippen molar-refractivity contribution in [2.45, 2.75) is 59.2 Å². The van der Waals surface area contributed by atoms with E-state index in [1.54, 1.807) is 36.4 Å². The Morgan fingerprint density at radius 3 is 2.10 bits per heavy atom. The molecule has 2 N–H and O–H groups in total. The van der Waals surface area contributed by atoms with E-state index < -0.39 is 11.2 Å². The normalized spacial score (nSPS) is 12.1. The number of hydrogen-bond donors (Lipinski definition) is 1. The number of anilines is 1. The summed E-state index contributed by atoms with van der Waals surface area (Å²) in [7, 11) is 0. The first-order valence-electron chi connectivity index (χ1n) is 10.1. The van der Waals surface area contributed by atoms with E-state index in [0.29, 0.717) is 29.2 Å². The summed E-state index contributed by atoms with van der Waals surface area (Å²) >= 11 is 0. The van der Waals surface area contributed by atoms with Crippen molar-refractivity contribution in [1.29, 1.82) is 0 Å². The van der Waals surface area contributed by atoms with Crippen LogP contribution in [0.2, 0.25) is 0 Å². The molecule has 4 nitrogen and oxygen atoms in total. The molecule has 160 valence electrons. The summed E-state index contributed by atoms with van der Waals surface area (Å²) in [6.45, 7) is 15.8. The van der Waals surface area contributed by atoms with Crippen molar-refractivity contribution in [2.75, 3.05) is 5.73 Å². The number of hydrogen-bond acceptors (Lipinski definition) is 4. The first-order valence-corrected chi connectivity index (χ1v) is 10.1. The molecule has 2 rings (SSSR count). The molecule has 4 heteroatoms. The monoisotopic (exact) mass is 407 g/mol. The molecule has 30 heavy (non-hydrogen) atoms. The SMILES string of the molecule is C=CCc1ccc(OC(C)(C)C)c(C=CC(=O)c2ccc(N)cc2)c1OC(C)(C)C. The Hall–Kier alpha value is -3.01. The highest BCUT2D eigenvalue weighted by molar-refractivity contribution is 6.07. The van der Waals surface area contributed by atoms with Gasteiger partial charge in [-0.25, -0.2) is 0 Å². The van der Waals surface area contributed by atoms with Crippen molar-refractivity contribution in [2.24, 2.45) is 0 Å². The molecule has 0 aliphatic rings.